The third-order valence-corrected chi connectivity index (χ3v) is 10.5. The van der Waals surface area contributed by atoms with Gasteiger partial charge in [0.25, 0.3) is 0 Å². The molecule has 0 rings (SSSR count). The van der Waals surface area contributed by atoms with Crippen LogP contribution in [-0.4, -0.2) is 75.3 Å². The van der Waals surface area contributed by atoms with Crippen LogP contribution in [0.15, 0.2) is 12.2 Å². The monoisotopic (exact) mass is 799 g/mol. The summed E-state index contributed by atoms with van der Waals surface area (Å²) in [5, 5.41) is 18.5. The van der Waals surface area contributed by atoms with E-state index in [-0.39, 0.29) is 25.4 Å². The predicted molar refractivity (Wildman–Crippen MR) is 244 cm³/mol. The van der Waals surface area contributed by atoms with Crippen molar-refractivity contribution in [1.29, 1.82) is 0 Å². The summed E-state index contributed by atoms with van der Waals surface area (Å²) in [6.45, 7) is 18.3. The molecule has 0 radical (unpaired) electrons. The third kappa shape index (κ3) is 51.5. The largest absolute Gasteiger partial charge is 0.394 e. The van der Waals surface area contributed by atoms with Gasteiger partial charge in [-0.15, -0.1) is 0 Å². The molecule has 0 saturated heterocycles. The molecule has 0 aromatic carbocycles. The summed E-state index contributed by atoms with van der Waals surface area (Å²) in [5.41, 5.74) is 0.969. The number of hydrogen-bond acceptors (Lipinski definition) is 6. The van der Waals surface area contributed by atoms with Gasteiger partial charge in [0.05, 0.1) is 33.0 Å². The maximum atomic E-state index is 9.28. The summed E-state index contributed by atoms with van der Waals surface area (Å²) in [5.74, 6) is 0.495. The first-order valence-electron chi connectivity index (χ1n) is 24.7. The summed E-state index contributed by atoms with van der Waals surface area (Å²) >= 11 is 0. The van der Waals surface area contributed by atoms with E-state index in [1.165, 1.54) is 193 Å². The van der Waals surface area contributed by atoms with Gasteiger partial charge >= 0.3 is 0 Å². The van der Waals surface area contributed by atoms with E-state index in [9.17, 15) is 10.2 Å². The molecule has 6 nitrogen and oxygen atoms in total. The van der Waals surface area contributed by atoms with E-state index in [4.69, 9.17) is 18.9 Å². The van der Waals surface area contributed by atoms with Crippen molar-refractivity contribution in [2.75, 3.05) is 52.9 Å². The molecule has 0 heterocycles. The fourth-order valence-electron chi connectivity index (χ4n) is 6.83. The minimum Gasteiger partial charge on any atom is -0.394 e. The molecule has 0 aliphatic heterocycles. The zero-order chi connectivity index (χ0) is 41.4. The first-order valence-corrected chi connectivity index (χ1v) is 24.7. The number of ether oxygens (including phenoxy) is 4. The molecule has 0 aliphatic carbocycles. The summed E-state index contributed by atoms with van der Waals surface area (Å²) in [4.78, 5) is 0. The van der Waals surface area contributed by atoms with Gasteiger partial charge in [0.2, 0.25) is 0 Å². The number of hydrogen-bond donors (Lipinski definition) is 2. The van der Waals surface area contributed by atoms with Gasteiger partial charge in [0, 0.05) is 19.8 Å². The standard InChI is InChI=1S/C25H52O3.C25H50O3/c2*1-4-5-6-7-8-9-10-11-12-13-14-15-16-17-18-19-20-27-23-25(21-26)28-22-24(2)3/h24-26H,4-23H2,1-3H3;25-26H,2,4-23H2,1,3H3/t2*25-/m00/s1. The van der Waals surface area contributed by atoms with E-state index in [1.54, 1.807) is 0 Å². The van der Waals surface area contributed by atoms with Crippen LogP contribution in [-0.2, 0) is 18.9 Å². The Balaban J connectivity index is 0. The Labute approximate surface area is 351 Å². The van der Waals surface area contributed by atoms with Gasteiger partial charge in [-0.3, -0.25) is 0 Å². The SMILES string of the molecule is C=C(C)CO[C@@H](CO)COCCCCCCCCCCCCCCCCCC.CCCCCCCCCCCCCCCCCCOC[C@H](CO)OCC(C)C. The van der Waals surface area contributed by atoms with E-state index >= 15 is 0 Å². The topological polar surface area (TPSA) is 77.4 Å². The number of rotatable bonds is 46. The maximum Gasteiger partial charge on any atom is 0.104 e. The lowest BCUT2D eigenvalue weighted by Gasteiger charge is -2.17. The second-order valence-corrected chi connectivity index (χ2v) is 17.4. The highest BCUT2D eigenvalue weighted by atomic mass is 16.5. The Hall–Kier alpha value is -0.500. The van der Waals surface area contributed by atoms with Crippen LogP contribution in [0.25, 0.3) is 0 Å². The van der Waals surface area contributed by atoms with Gasteiger partial charge in [-0.1, -0.05) is 232 Å². The van der Waals surface area contributed by atoms with Gasteiger partial charge in [0.15, 0.2) is 0 Å². The van der Waals surface area contributed by atoms with E-state index in [2.05, 4.69) is 34.3 Å². The second kappa shape index (κ2) is 50.6. The molecule has 2 atom stereocenters. The van der Waals surface area contributed by atoms with Crippen molar-refractivity contribution in [1.82, 2.24) is 0 Å². The van der Waals surface area contributed by atoms with Crippen LogP contribution >= 0.6 is 0 Å². The molecule has 6 heteroatoms. The number of aliphatic hydroxyl groups is 2. The quantitative estimate of drug-likeness (QED) is 0.0472. The van der Waals surface area contributed by atoms with Crippen molar-refractivity contribution in [3.8, 4) is 0 Å². The van der Waals surface area contributed by atoms with Crippen molar-refractivity contribution in [3.05, 3.63) is 12.2 Å². The third-order valence-electron chi connectivity index (χ3n) is 10.5. The van der Waals surface area contributed by atoms with Crippen molar-refractivity contribution in [2.24, 2.45) is 5.92 Å². The zero-order valence-electron chi connectivity index (χ0n) is 38.8. The van der Waals surface area contributed by atoms with Gasteiger partial charge in [0.1, 0.15) is 12.2 Å². The highest BCUT2D eigenvalue weighted by molar-refractivity contribution is 4.87. The second-order valence-electron chi connectivity index (χ2n) is 17.4. The summed E-state index contributed by atoms with van der Waals surface area (Å²) in [7, 11) is 0. The van der Waals surface area contributed by atoms with Crippen LogP contribution in [0.2, 0.25) is 0 Å². The van der Waals surface area contributed by atoms with Crippen LogP contribution < -0.4 is 0 Å². The molecule has 338 valence electrons. The van der Waals surface area contributed by atoms with Gasteiger partial charge in [-0.05, 0) is 25.7 Å². The van der Waals surface area contributed by atoms with Gasteiger partial charge in [-0.25, -0.2) is 0 Å². The molecule has 0 aromatic rings. The van der Waals surface area contributed by atoms with E-state index in [0.29, 0.717) is 32.3 Å². The summed E-state index contributed by atoms with van der Waals surface area (Å²) < 4.78 is 22.4. The lowest BCUT2D eigenvalue weighted by atomic mass is 10.0. The number of aliphatic hydroxyl groups excluding tert-OH is 2. The summed E-state index contributed by atoms with van der Waals surface area (Å²) in [6.07, 6.45) is 44.0. The lowest BCUT2D eigenvalue weighted by molar-refractivity contribution is -0.0505. The minimum absolute atomic E-state index is 0.00619. The first-order chi connectivity index (χ1) is 27.4. The molecule has 0 amide bonds. The van der Waals surface area contributed by atoms with Crippen LogP contribution in [0.1, 0.15) is 240 Å². The molecule has 0 aromatic heterocycles. The highest BCUT2D eigenvalue weighted by Crippen LogP contribution is 2.15. The fourth-order valence-corrected chi connectivity index (χ4v) is 6.83. The molecule has 2 N–H and O–H groups in total. The van der Waals surface area contributed by atoms with Crippen molar-refractivity contribution in [2.45, 2.75) is 252 Å². The van der Waals surface area contributed by atoms with E-state index < -0.39 is 0 Å². The maximum absolute atomic E-state index is 9.28. The minimum atomic E-state index is -0.224. The van der Waals surface area contributed by atoms with Crippen LogP contribution in [0, 0.1) is 5.92 Å². The predicted octanol–water partition coefficient (Wildman–Crippen LogP) is 14.5. The Morgan fingerprint density at radius 1 is 0.411 bits per heavy atom. The number of unbranched alkanes of at least 4 members (excludes halogenated alkanes) is 30. The molecule has 0 fully saturated rings. The van der Waals surface area contributed by atoms with E-state index in [0.717, 1.165) is 31.6 Å². The molecule has 0 saturated carbocycles. The molecule has 0 spiro atoms. The van der Waals surface area contributed by atoms with Crippen molar-refractivity contribution >= 4 is 0 Å². The van der Waals surface area contributed by atoms with Crippen LogP contribution in [0.3, 0.4) is 0 Å². The van der Waals surface area contributed by atoms with Crippen LogP contribution in [0.5, 0.6) is 0 Å². The average molecular weight is 799 g/mol. The molecular formula is C50H102O6. The molecule has 56 heavy (non-hydrogen) atoms. The summed E-state index contributed by atoms with van der Waals surface area (Å²) in [6, 6.07) is 0. The smallest absolute Gasteiger partial charge is 0.104 e. The van der Waals surface area contributed by atoms with Gasteiger partial charge < -0.3 is 29.2 Å². The Kier molecular flexibility index (Phi) is 52.1. The molecule has 0 bridgehead atoms. The first kappa shape index (κ1) is 57.6. The normalized spacial score (nSPS) is 12.6. The highest BCUT2D eigenvalue weighted by Gasteiger charge is 2.09. The van der Waals surface area contributed by atoms with Crippen LogP contribution in [0.4, 0.5) is 0 Å². The average Bonchev–Trinajstić information content (AvgIpc) is 3.19. The van der Waals surface area contributed by atoms with E-state index in [1.807, 2.05) is 6.92 Å². The Morgan fingerprint density at radius 3 is 0.929 bits per heavy atom. The molecule has 0 aliphatic rings. The lowest BCUT2D eigenvalue weighted by Crippen LogP contribution is -2.26. The van der Waals surface area contributed by atoms with Crippen molar-refractivity contribution in [3.63, 3.8) is 0 Å². The zero-order valence-corrected chi connectivity index (χ0v) is 38.8. The fraction of sp³-hybridized carbons (Fsp3) is 0.960. The molecule has 0 unspecified atom stereocenters. The Bertz CT molecular complexity index is 716. The van der Waals surface area contributed by atoms with Crippen molar-refractivity contribution < 1.29 is 29.2 Å². The molecular weight excluding hydrogens is 697 g/mol. The Morgan fingerprint density at radius 2 is 0.679 bits per heavy atom. The van der Waals surface area contributed by atoms with Gasteiger partial charge in [-0.2, -0.15) is 0 Å².